The van der Waals surface area contributed by atoms with Crippen molar-refractivity contribution in [2.24, 2.45) is 5.92 Å². The Kier molecular flexibility index (Phi) is 3.96. The zero-order valence-electron chi connectivity index (χ0n) is 8.57. The third kappa shape index (κ3) is 2.82. The van der Waals surface area contributed by atoms with E-state index in [4.69, 9.17) is 0 Å². The van der Waals surface area contributed by atoms with E-state index in [0.717, 1.165) is 10.3 Å². The summed E-state index contributed by atoms with van der Waals surface area (Å²) in [5.41, 5.74) is 0. The highest BCUT2D eigenvalue weighted by Gasteiger charge is 2.25. The Labute approximate surface area is 106 Å². The smallest absolute Gasteiger partial charge is 0.261 e. The van der Waals surface area contributed by atoms with Gasteiger partial charge in [0.25, 0.3) is 5.91 Å². The lowest BCUT2D eigenvalue weighted by Gasteiger charge is -2.13. The molecule has 0 aromatic carbocycles. The first-order chi connectivity index (χ1) is 7.66. The predicted octanol–water partition coefficient (Wildman–Crippen LogP) is 0.821. The molecule has 2 unspecified atom stereocenters. The van der Waals surface area contributed by atoms with E-state index in [0.29, 0.717) is 18.0 Å². The first-order valence-electron chi connectivity index (χ1n) is 5.09. The first kappa shape index (κ1) is 12.0. The number of carbonyl (C=O) groups excluding carboxylic acids is 1. The lowest BCUT2D eigenvalue weighted by atomic mass is 10.1. The molecule has 2 atom stereocenters. The van der Waals surface area contributed by atoms with Crippen molar-refractivity contribution in [3.63, 3.8) is 0 Å². The van der Waals surface area contributed by atoms with Gasteiger partial charge in [-0.2, -0.15) is 0 Å². The van der Waals surface area contributed by atoms with E-state index in [1.54, 1.807) is 6.07 Å². The zero-order valence-corrected chi connectivity index (χ0v) is 11.0. The predicted molar refractivity (Wildman–Crippen MR) is 66.7 cm³/mol. The molecule has 2 heterocycles. The largest absolute Gasteiger partial charge is 0.391 e. The maximum Gasteiger partial charge on any atom is 0.261 e. The van der Waals surface area contributed by atoms with Gasteiger partial charge in [-0.05, 0) is 28.1 Å². The van der Waals surface area contributed by atoms with Gasteiger partial charge in [0, 0.05) is 25.6 Å². The highest BCUT2D eigenvalue weighted by Crippen LogP contribution is 2.21. The lowest BCUT2D eigenvalue weighted by molar-refractivity contribution is 0.0931. The van der Waals surface area contributed by atoms with E-state index in [-0.39, 0.29) is 17.9 Å². The maximum absolute atomic E-state index is 11.7. The Morgan fingerprint density at radius 2 is 2.44 bits per heavy atom. The van der Waals surface area contributed by atoms with Crippen LogP contribution in [-0.2, 0) is 0 Å². The van der Waals surface area contributed by atoms with Crippen molar-refractivity contribution in [3.05, 3.63) is 20.8 Å². The van der Waals surface area contributed by atoms with E-state index < -0.39 is 0 Å². The molecular weight excluding hydrogens is 292 g/mol. The molecule has 4 nitrogen and oxygen atoms in total. The van der Waals surface area contributed by atoms with Gasteiger partial charge in [-0.25, -0.2) is 0 Å². The standard InChI is InChI=1S/C10H13BrN2O2S/c11-9-2-1-8(16-9)10(15)13-4-6-3-12-5-7(6)14/h1-2,6-7,12,14H,3-5H2,(H,13,15). The van der Waals surface area contributed by atoms with Gasteiger partial charge in [0.1, 0.15) is 0 Å². The topological polar surface area (TPSA) is 61.4 Å². The van der Waals surface area contributed by atoms with E-state index in [1.165, 1.54) is 11.3 Å². The van der Waals surface area contributed by atoms with Crippen molar-refractivity contribution in [1.82, 2.24) is 10.6 Å². The molecule has 2 rings (SSSR count). The van der Waals surface area contributed by atoms with Crippen molar-refractivity contribution in [1.29, 1.82) is 0 Å². The van der Waals surface area contributed by atoms with Crippen molar-refractivity contribution < 1.29 is 9.90 Å². The molecule has 1 saturated heterocycles. The quantitative estimate of drug-likeness (QED) is 0.775. The van der Waals surface area contributed by atoms with Crippen LogP contribution in [0.4, 0.5) is 0 Å². The normalized spacial score (nSPS) is 24.6. The van der Waals surface area contributed by atoms with Crippen LogP contribution in [0.2, 0.25) is 0 Å². The molecule has 3 N–H and O–H groups in total. The summed E-state index contributed by atoms with van der Waals surface area (Å²) < 4.78 is 0.945. The Hall–Kier alpha value is -0.430. The van der Waals surface area contributed by atoms with Gasteiger partial charge < -0.3 is 15.7 Å². The molecule has 0 bridgehead atoms. The minimum absolute atomic E-state index is 0.0743. The molecule has 1 aromatic rings. The van der Waals surface area contributed by atoms with Crippen LogP contribution in [0, 0.1) is 5.92 Å². The molecule has 6 heteroatoms. The lowest BCUT2D eigenvalue weighted by Crippen LogP contribution is -2.33. The van der Waals surface area contributed by atoms with Crippen LogP contribution in [0.25, 0.3) is 0 Å². The fourth-order valence-corrected chi connectivity index (χ4v) is 2.98. The third-order valence-electron chi connectivity index (χ3n) is 2.63. The molecule has 1 aliphatic rings. The fraction of sp³-hybridized carbons (Fsp3) is 0.500. The maximum atomic E-state index is 11.7. The van der Waals surface area contributed by atoms with Crippen LogP contribution in [-0.4, -0.2) is 36.8 Å². The van der Waals surface area contributed by atoms with Crippen molar-refractivity contribution in [2.75, 3.05) is 19.6 Å². The number of carbonyl (C=O) groups is 1. The Morgan fingerprint density at radius 3 is 3.00 bits per heavy atom. The summed E-state index contributed by atoms with van der Waals surface area (Å²) in [5, 5.41) is 15.5. The van der Waals surface area contributed by atoms with Crippen LogP contribution in [0.5, 0.6) is 0 Å². The van der Waals surface area contributed by atoms with Crippen molar-refractivity contribution >= 4 is 33.2 Å². The van der Waals surface area contributed by atoms with Crippen LogP contribution < -0.4 is 10.6 Å². The summed E-state index contributed by atoms with van der Waals surface area (Å²) in [6.07, 6.45) is -0.352. The summed E-state index contributed by atoms with van der Waals surface area (Å²) in [6, 6.07) is 3.64. The minimum Gasteiger partial charge on any atom is -0.391 e. The monoisotopic (exact) mass is 304 g/mol. The van der Waals surface area contributed by atoms with Crippen LogP contribution in [0.1, 0.15) is 9.67 Å². The van der Waals surface area contributed by atoms with Crippen LogP contribution >= 0.6 is 27.3 Å². The second-order valence-corrected chi connectivity index (χ2v) is 6.26. The first-order valence-corrected chi connectivity index (χ1v) is 6.70. The number of hydrogen-bond donors (Lipinski definition) is 3. The number of thiophene rings is 1. The third-order valence-corrected chi connectivity index (χ3v) is 4.25. The summed E-state index contributed by atoms with van der Waals surface area (Å²) in [5.74, 6) is 0.0437. The molecule has 16 heavy (non-hydrogen) atoms. The molecule has 1 amide bonds. The van der Waals surface area contributed by atoms with Gasteiger partial charge in [0.15, 0.2) is 0 Å². The van der Waals surface area contributed by atoms with Gasteiger partial charge in [0.2, 0.25) is 0 Å². The van der Waals surface area contributed by atoms with Gasteiger partial charge in [0.05, 0.1) is 14.8 Å². The molecule has 0 aliphatic carbocycles. The molecule has 0 saturated carbocycles. The summed E-state index contributed by atoms with van der Waals surface area (Å²) in [4.78, 5) is 12.4. The van der Waals surface area contributed by atoms with Gasteiger partial charge in [-0.15, -0.1) is 11.3 Å². The molecule has 1 fully saturated rings. The van der Waals surface area contributed by atoms with Crippen molar-refractivity contribution in [3.8, 4) is 0 Å². The average Bonchev–Trinajstić information content (AvgIpc) is 2.84. The van der Waals surface area contributed by atoms with Gasteiger partial charge in [-0.3, -0.25) is 4.79 Å². The van der Waals surface area contributed by atoms with E-state index in [1.807, 2.05) is 6.07 Å². The number of aliphatic hydroxyl groups excluding tert-OH is 1. The fourth-order valence-electron chi connectivity index (χ4n) is 1.67. The number of β-amino-alcohol motifs (C(OH)–C–C–N with tert-alkyl or cyclic N) is 1. The van der Waals surface area contributed by atoms with E-state index in [2.05, 4.69) is 26.6 Å². The second-order valence-electron chi connectivity index (χ2n) is 3.80. The van der Waals surface area contributed by atoms with E-state index in [9.17, 15) is 9.90 Å². The summed E-state index contributed by atoms with van der Waals surface area (Å²) >= 11 is 4.72. The number of halogens is 1. The highest BCUT2D eigenvalue weighted by atomic mass is 79.9. The summed E-state index contributed by atoms with van der Waals surface area (Å²) in [7, 11) is 0. The van der Waals surface area contributed by atoms with Gasteiger partial charge >= 0.3 is 0 Å². The molecular formula is C10H13BrN2O2S. The molecule has 1 aliphatic heterocycles. The second kappa shape index (κ2) is 5.27. The Bertz CT molecular complexity index is 383. The van der Waals surface area contributed by atoms with Crippen molar-refractivity contribution in [2.45, 2.75) is 6.10 Å². The van der Waals surface area contributed by atoms with Crippen LogP contribution in [0.3, 0.4) is 0 Å². The number of hydrogen-bond acceptors (Lipinski definition) is 4. The van der Waals surface area contributed by atoms with Crippen LogP contribution in [0.15, 0.2) is 15.9 Å². The number of aliphatic hydroxyl groups is 1. The SMILES string of the molecule is O=C(NCC1CNCC1O)c1ccc(Br)s1. The molecule has 0 radical (unpaired) electrons. The van der Waals surface area contributed by atoms with Gasteiger partial charge in [-0.1, -0.05) is 0 Å². The molecule has 1 aromatic heterocycles. The number of nitrogens with one attached hydrogen (secondary N) is 2. The van der Waals surface area contributed by atoms with E-state index >= 15 is 0 Å². The summed E-state index contributed by atoms with van der Waals surface area (Å²) in [6.45, 7) is 1.89. The number of amides is 1. The molecule has 0 spiro atoms. The minimum atomic E-state index is -0.352. The zero-order chi connectivity index (χ0) is 11.5. The number of rotatable bonds is 3. The average molecular weight is 305 g/mol. The highest BCUT2D eigenvalue weighted by molar-refractivity contribution is 9.11. The Balaban J connectivity index is 1.84. The Morgan fingerprint density at radius 1 is 1.62 bits per heavy atom. The molecule has 88 valence electrons.